The van der Waals surface area contributed by atoms with Crippen LogP contribution in [0.4, 0.5) is 5.82 Å². The zero-order valence-electron chi connectivity index (χ0n) is 16.1. The molecule has 7 nitrogen and oxygen atoms in total. The summed E-state index contributed by atoms with van der Waals surface area (Å²) in [5.41, 5.74) is 0.660. The third-order valence-electron chi connectivity index (χ3n) is 4.43. The summed E-state index contributed by atoms with van der Waals surface area (Å²) in [6, 6.07) is 7.28. The maximum Gasteiger partial charge on any atom is 0.257 e. The lowest BCUT2D eigenvalue weighted by Gasteiger charge is -2.33. The lowest BCUT2D eigenvalue weighted by Crippen LogP contribution is -2.44. The molecule has 0 saturated carbocycles. The third-order valence-corrected chi connectivity index (χ3v) is 4.43. The highest BCUT2D eigenvalue weighted by molar-refractivity contribution is 5.94. The first kappa shape index (κ1) is 18.9. The molecule has 1 aromatic heterocycles. The topological polar surface area (TPSA) is 67.8 Å². The van der Waals surface area contributed by atoms with Crippen molar-refractivity contribution in [1.29, 1.82) is 0 Å². The summed E-state index contributed by atoms with van der Waals surface area (Å²) in [6.45, 7) is 3.81. The number of piperidine rings is 1. The van der Waals surface area contributed by atoms with E-state index in [1.165, 1.54) is 0 Å². The van der Waals surface area contributed by atoms with Crippen LogP contribution in [0.1, 0.15) is 30.1 Å². The Bertz CT molecular complexity index is 764. The van der Waals surface area contributed by atoms with Crippen LogP contribution < -0.4 is 14.4 Å². The molecule has 1 atom stereocenters. The molecule has 0 spiro atoms. The zero-order valence-corrected chi connectivity index (χ0v) is 16.1. The van der Waals surface area contributed by atoms with E-state index < -0.39 is 0 Å². The SMILES string of the molecule is CCOc1ccc(C(=O)N2CCCC(Oc3nccnc3N(C)C)C2)cc1. The van der Waals surface area contributed by atoms with Crippen LogP contribution in [0.15, 0.2) is 36.7 Å². The molecular formula is C20H26N4O3. The maximum absolute atomic E-state index is 12.8. The number of carbonyl (C=O) groups excluding carboxylic acids is 1. The third kappa shape index (κ3) is 4.67. The Hall–Kier alpha value is -2.83. The van der Waals surface area contributed by atoms with Crippen LogP contribution in [-0.2, 0) is 0 Å². The normalized spacial score (nSPS) is 16.7. The number of benzene rings is 1. The first-order valence-electron chi connectivity index (χ1n) is 9.25. The summed E-state index contributed by atoms with van der Waals surface area (Å²) in [6.07, 6.45) is 4.95. The van der Waals surface area contributed by atoms with Crippen LogP contribution >= 0.6 is 0 Å². The monoisotopic (exact) mass is 370 g/mol. The van der Waals surface area contributed by atoms with Gasteiger partial charge in [-0.25, -0.2) is 9.97 Å². The standard InChI is InChI=1S/C20H26N4O3/c1-4-26-16-9-7-15(8-10-16)20(25)24-13-5-6-17(14-24)27-19-18(23(2)3)21-11-12-22-19/h7-12,17H,4-6,13-14H2,1-3H3. The van der Waals surface area contributed by atoms with E-state index in [9.17, 15) is 4.79 Å². The quantitative estimate of drug-likeness (QED) is 0.779. The lowest BCUT2D eigenvalue weighted by atomic mass is 10.1. The summed E-state index contributed by atoms with van der Waals surface area (Å²) < 4.78 is 11.5. The Morgan fingerprint density at radius 2 is 1.96 bits per heavy atom. The molecule has 1 aromatic carbocycles. The fourth-order valence-electron chi connectivity index (χ4n) is 3.13. The number of rotatable bonds is 6. The van der Waals surface area contributed by atoms with Crippen LogP contribution in [0.25, 0.3) is 0 Å². The van der Waals surface area contributed by atoms with Crippen molar-refractivity contribution in [2.75, 3.05) is 38.7 Å². The summed E-state index contributed by atoms with van der Waals surface area (Å²) in [4.78, 5) is 25.2. The van der Waals surface area contributed by atoms with Crippen molar-refractivity contribution >= 4 is 11.7 Å². The van der Waals surface area contributed by atoms with Crippen LogP contribution in [-0.4, -0.2) is 60.7 Å². The summed E-state index contributed by atoms with van der Waals surface area (Å²) in [7, 11) is 3.80. The summed E-state index contributed by atoms with van der Waals surface area (Å²) in [5.74, 6) is 1.97. The van der Waals surface area contributed by atoms with Crippen molar-refractivity contribution in [1.82, 2.24) is 14.9 Å². The van der Waals surface area contributed by atoms with E-state index in [1.54, 1.807) is 12.4 Å². The predicted molar refractivity (Wildman–Crippen MR) is 104 cm³/mol. The lowest BCUT2D eigenvalue weighted by molar-refractivity contribution is 0.0528. The van der Waals surface area contributed by atoms with Crippen molar-refractivity contribution in [3.8, 4) is 11.6 Å². The number of amides is 1. The van der Waals surface area contributed by atoms with Gasteiger partial charge in [-0.3, -0.25) is 4.79 Å². The van der Waals surface area contributed by atoms with Crippen molar-refractivity contribution in [2.24, 2.45) is 0 Å². The molecule has 1 fully saturated rings. The molecule has 1 amide bonds. The van der Waals surface area contributed by atoms with Gasteiger partial charge in [0.15, 0.2) is 5.82 Å². The summed E-state index contributed by atoms with van der Waals surface area (Å²) >= 11 is 0. The molecule has 1 aliphatic rings. The van der Waals surface area contributed by atoms with Crippen LogP contribution in [0.5, 0.6) is 11.6 Å². The van der Waals surface area contributed by atoms with E-state index in [2.05, 4.69) is 9.97 Å². The Kier molecular flexibility index (Phi) is 6.11. The van der Waals surface area contributed by atoms with Gasteiger partial charge in [-0.05, 0) is 44.0 Å². The predicted octanol–water partition coefficient (Wildman–Crippen LogP) is 2.62. The molecule has 144 valence electrons. The first-order valence-corrected chi connectivity index (χ1v) is 9.25. The van der Waals surface area contributed by atoms with Gasteiger partial charge in [-0.2, -0.15) is 0 Å². The highest BCUT2D eigenvalue weighted by Gasteiger charge is 2.27. The van der Waals surface area contributed by atoms with Gasteiger partial charge in [0.05, 0.1) is 13.2 Å². The maximum atomic E-state index is 12.8. The molecule has 1 aliphatic heterocycles. The molecule has 1 saturated heterocycles. The minimum absolute atomic E-state index is 0.0123. The number of nitrogens with zero attached hydrogens (tertiary/aromatic N) is 4. The van der Waals surface area contributed by atoms with Crippen molar-refractivity contribution in [3.63, 3.8) is 0 Å². The Balaban J connectivity index is 1.66. The smallest absolute Gasteiger partial charge is 0.257 e. The van der Waals surface area contributed by atoms with Crippen LogP contribution in [0.2, 0.25) is 0 Å². The molecule has 0 bridgehead atoms. The number of hydrogen-bond acceptors (Lipinski definition) is 6. The Morgan fingerprint density at radius 3 is 2.67 bits per heavy atom. The van der Waals surface area contributed by atoms with E-state index in [0.717, 1.165) is 25.1 Å². The number of ether oxygens (including phenoxy) is 2. The average Bonchev–Trinajstić information content (AvgIpc) is 2.69. The fourth-order valence-corrected chi connectivity index (χ4v) is 3.13. The van der Waals surface area contributed by atoms with Gasteiger partial charge in [0.2, 0.25) is 0 Å². The molecule has 0 aliphatic carbocycles. The van der Waals surface area contributed by atoms with E-state index >= 15 is 0 Å². The Morgan fingerprint density at radius 1 is 1.22 bits per heavy atom. The van der Waals surface area contributed by atoms with Crippen LogP contribution in [0, 0.1) is 0 Å². The number of likely N-dealkylation sites (tertiary alicyclic amines) is 1. The fraction of sp³-hybridized carbons (Fsp3) is 0.450. The van der Waals surface area contributed by atoms with Gasteiger partial charge < -0.3 is 19.3 Å². The molecular weight excluding hydrogens is 344 g/mol. The number of aromatic nitrogens is 2. The molecule has 0 N–H and O–H groups in total. The molecule has 27 heavy (non-hydrogen) atoms. The molecule has 2 aromatic rings. The van der Waals surface area contributed by atoms with Gasteiger partial charge in [0.1, 0.15) is 11.9 Å². The second-order valence-electron chi connectivity index (χ2n) is 6.67. The molecule has 1 unspecified atom stereocenters. The van der Waals surface area contributed by atoms with Gasteiger partial charge in [-0.1, -0.05) is 0 Å². The zero-order chi connectivity index (χ0) is 19.2. The van der Waals surface area contributed by atoms with Gasteiger partial charge in [0.25, 0.3) is 11.8 Å². The summed E-state index contributed by atoms with van der Waals surface area (Å²) in [5, 5.41) is 0. The van der Waals surface area contributed by atoms with Crippen molar-refractivity contribution in [3.05, 3.63) is 42.2 Å². The largest absolute Gasteiger partial charge is 0.494 e. The molecule has 2 heterocycles. The van der Waals surface area contributed by atoms with Gasteiger partial charge >= 0.3 is 0 Å². The van der Waals surface area contributed by atoms with Gasteiger partial charge in [0, 0.05) is 38.6 Å². The number of anilines is 1. The highest BCUT2D eigenvalue weighted by atomic mass is 16.5. The van der Waals surface area contributed by atoms with Crippen molar-refractivity contribution < 1.29 is 14.3 Å². The number of carbonyl (C=O) groups is 1. The molecule has 7 heteroatoms. The minimum atomic E-state index is -0.0965. The van der Waals surface area contributed by atoms with Crippen LogP contribution in [0.3, 0.4) is 0 Å². The second-order valence-corrected chi connectivity index (χ2v) is 6.67. The highest BCUT2D eigenvalue weighted by Crippen LogP contribution is 2.25. The molecule has 3 rings (SSSR count). The number of hydrogen-bond donors (Lipinski definition) is 0. The Labute approximate surface area is 159 Å². The van der Waals surface area contributed by atoms with E-state index in [4.69, 9.17) is 9.47 Å². The molecule has 0 radical (unpaired) electrons. The van der Waals surface area contributed by atoms with E-state index in [1.807, 2.05) is 55.1 Å². The van der Waals surface area contributed by atoms with E-state index in [-0.39, 0.29) is 12.0 Å². The average molecular weight is 370 g/mol. The van der Waals surface area contributed by atoms with Crippen molar-refractivity contribution in [2.45, 2.75) is 25.9 Å². The second kappa shape index (κ2) is 8.70. The first-order chi connectivity index (χ1) is 13.1. The van der Waals surface area contributed by atoms with Gasteiger partial charge in [-0.15, -0.1) is 0 Å². The minimum Gasteiger partial charge on any atom is -0.494 e. The van der Waals surface area contributed by atoms with E-state index in [0.29, 0.717) is 30.4 Å².